The normalized spacial score (nSPS) is 16.3. The second kappa shape index (κ2) is 12.7. The summed E-state index contributed by atoms with van der Waals surface area (Å²) in [7, 11) is 0. The number of likely N-dealkylation sites (tertiary alicyclic amines) is 1. The van der Waals surface area contributed by atoms with Crippen LogP contribution in [0.3, 0.4) is 0 Å². The van der Waals surface area contributed by atoms with Crippen molar-refractivity contribution >= 4 is 29.2 Å². The van der Waals surface area contributed by atoms with Crippen LogP contribution in [0.2, 0.25) is 0 Å². The van der Waals surface area contributed by atoms with Crippen LogP contribution in [0.4, 0.5) is 26.7 Å². The zero-order valence-electron chi connectivity index (χ0n) is 21.2. The van der Waals surface area contributed by atoms with Gasteiger partial charge in [0.05, 0.1) is 28.5 Å². The Labute approximate surface area is 228 Å². The summed E-state index contributed by atoms with van der Waals surface area (Å²) in [6.45, 7) is -0.249. The van der Waals surface area contributed by atoms with Gasteiger partial charge in [-0.2, -0.15) is 0 Å². The van der Waals surface area contributed by atoms with Gasteiger partial charge >= 0.3 is 12.2 Å². The van der Waals surface area contributed by atoms with Gasteiger partial charge in [-0.1, -0.05) is 18.2 Å². The monoisotopic (exact) mass is 550 g/mol. The third-order valence-electron chi connectivity index (χ3n) is 6.33. The van der Waals surface area contributed by atoms with E-state index in [4.69, 9.17) is 9.47 Å². The Bertz CT molecular complexity index is 1350. The lowest BCUT2D eigenvalue weighted by molar-refractivity contribution is -0.385. The molecule has 1 aliphatic rings. The molecular weight excluding hydrogens is 524 g/mol. The first-order valence-electron chi connectivity index (χ1n) is 12.3. The number of para-hydroxylation sites is 1. The number of hydrogen-bond acceptors (Lipinski definition) is 9. The molecule has 1 saturated heterocycles. The third-order valence-corrected chi connectivity index (χ3v) is 6.33. The zero-order chi connectivity index (χ0) is 28.6. The molecule has 2 atom stereocenters. The van der Waals surface area contributed by atoms with E-state index in [1.165, 1.54) is 58.3 Å². The predicted molar refractivity (Wildman–Crippen MR) is 141 cm³/mol. The number of rotatable bonds is 9. The van der Waals surface area contributed by atoms with Crippen molar-refractivity contribution in [1.29, 1.82) is 0 Å². The van der Waals surface area contributed by atoms with Crippen LogP contribution in [0.1, 0.15) is 17.5 Å². The van der Waals surface area contributed by atoms with E-state index in [0.717, 1.165) is 0 Å². The van der Waals surface area contributed by atoms with Crippen LogP contribution in [0, 0.1) is 20.2 Å². The van der Waals surface area contributed by atoms with E-state index in [9.17, 15) is 34.9 Å². The molecule has 0 spiro atoms. The van der Waals surface area contributed by atoms with E-state index in [1.54, 1.807) is 30.3 Å². The van der Waals surface area contributed by atoms with Crippen LogP contribution in [0.15, 0.2) is 78.9 Å². The summed E-state index contributed by atoms with van der Waals surface area (Å²) < 4.78 is 10.9. The number of nitro benzene ring substituents is 2. The Balaban J connectivity index is 1.43. The number of hydrogen-bond donors (Lipinski definition) is 1. The molecule has 1 heterocycles. The SMILES string of the molecule is O=C(OCc1ccc([N+](=O)[O-])cc1)N(C[C@@H]1C[C@@H](O)CN1C(=O)OCc1ccc([N+](=O)[O-])cc1)c1ccccc1. The largest absolute Gasteiger partial charge is 0.445 e. The second-order valence-corrected chi connectivity index (χ2v) is 9.10. The fourth-order valence-corrected chi connectivity index (χ4v) is 4.27. The Morgan fingerprint density at radius 1 is 0.850 bits per heavy atom. The molecule has 3 aromatic rings. The molecule has 4 rings (SSSR count). The number of ether oxygens (including phenoxy) is 2. The average molecular weight is 551 g/mol. The van der Waals surface area contributed by atoms with E-state index in [1.807, 2.05) is 0 Å². The molecule has 0 saturated carbocycles. The lowest BCUT2D eigenvalue weighted by atomic mass is 10.1. The fraction of sp³-hybridized carbons (Fsp3) is 0.259. The van der Waals surface area contributed by atoms with Crippen molar-refractivity contribution in [2.75, 3.05) is 18.0 Å². The summed E-state index contributed by atoms with van der Waals surface area (Å²) in [6, 6.07) is 19.3. The number of carbonyl (C=O) groups is 2. The van der Waals surface area contributed by atoms with Crippen molar-refractivity contribution < 1.29 is 34.0 Å². The molecule has 3 aromatic carbocycles. The summed E-state index contributed by atoms with van der Waals surface area (Å²) >= 11 is 0. The number of carbonyl (C=O) groups excluding carboxylic acids is 2. The second-order valence-electron chi connectivity index (χ2n) is 9.10. The van der Waals surface area contributed by atoms with Gasteiger partial charge < -0.3 is 19.5 Å². The van der Waals surface area contributed by atoms with Crippen LogP contribution >= 0.6 is 0 Å². The Kier molecular flexibility index (Phi) is 8.86. The molecule has 1 fully saturated rings. The molecule has 0 unspecified atom stereocenters. The minimum Gasteiger partial charge on any atom is -0.445 e. The average Bonchev–Trinajstić information content (AvgIpc) is 3.34. The first-order valence-corrected chi connectivity index (χ1v) is 12.3. The van der Waals surface area contributed by atoms with Crippen molar-refractivity contribution in [1.82, 2.24) is 4.90 Å². The number of non-ortho nitro benzene ring substituents is 2. The summed E-state index contributed by atoms with van der Waals surface area (Å²) in [5.41, 5.74) is 1.45. The molecule has 1 N–H and O–H groups in total. The van der Waals surface area contributed by atoms with Crippen molar-refractivity contribution in [2.45, 2.75) is 31.8 Å². The van der Waals surface area contributed by atoms with Crippen molar-refractivity contribution in [2.24, 2.45) is 0 Å². The third kappa shape index (κ3) is 7.08. The number of amides is 2. The van der Waals surface area contributed by atoms with Crippen molar-refractivity contribution in [3.63, 3.8) is 0 Å². The first-order chi connectivity index (χ1) is 19.2. The molecule has 208 valence electrons. The number of aliphatic hydroxyl groups is 1. The Morgan fingerprint density at radius 2 is 1.38 bits per heavy atom. The van der Waals surface area contributed by atoms with Gasteiger partial charge in [0.15, 0.2) is 0 Å². The number of β-amino-alcohol motifs (C(OH)–C–C–N with tert-alkyl or cyclic N) is 1. The predicted octanol–water partition coefficient (Wildman–Crippen LogP) is 4.42. The molecule has 2 amide bonds. The number of aliphatic hydroxyl groups excluding tert-OH is 1. The maximum Gasteiger partial charge on any atom is 0.414 e. The highest BCUT2D eigenvalue weighted by molar-refractivity contribution is 5.87. The Hall–Kier alpha value is -5.04. The van der Waals surface area contributed by atoms with Crippen molar-refractivity contribution in [3.8, 4) is 0 Å². The van der Waals surface area contributed by atoms with Crippen LogP contribution < -0.4 is 4.90 Å². The lowest BCUT2D eigenvalue weighted by Crippen LogP contribution is -2.45. The molecule has 0 aromatic heterocycles. The quantitative estimate of drug-likeness (QED) is 0.300. The highest BCUT2D eigenvalue weighted by atomic mass is 16.6. The highest BCUT2D eigenvalue weighted by Crippen LogP contribution is 2.25. The van der Waals surface area contributed by atoms with Crippen molar-refractivity contribution in [3.05, 3.63) is 110 Å². The number of anilines is 1. The van der Waals surface area contributed by atoms with E-state index in [0.29, 0.717) is 16.8 Å². The number of benzene rings is 3. The smallest absolute Gasteiger partial charge is 0.414 e. The van der Waals surface area contributed by atoms with E-state index >= 15 is 0 Å². The molecule has 0 bridgehead atoms. The maximum atomic E-state index is 13.2. The lowest BCUT2D eigenvalue weighted by Gasteiger charge is -2.30. The minimum absolute atomic E-state index is 0.00420. The molecule has 0 aliphatic carbocycles. The van der Waals surface area contributed by atoms with Gasteiger partial charge in [-0.3, -0.25) is 25.1 Å². The van der Waals surface area contributed by atoms with Gasteiger partial charge in [-0.15, -0.1) is 0 Å². The Morgan fingerprint density at radius 3 is 1.90 bits per heavy atom. The maximum absolute atomic E-state index is 13.2. The van der Waals surface area contributed by atoms with Gasteiger partial charge in [-0.25, -0.2) is 9.59 Å². The van der Waals surface area contributed by atoms with E-state index < -0.39 is 34.2 Å². The summed E-state index contributed by atoms with van der Waals surface area (Å²) in [5.74, 6) is 0. The fourth-order valence-electron chi connectivity index (χ4n) is 4.27. The highest BCUT2D eigenvalue weighted by Gasteiger charge is 2.38. The van der Waals surface area contributed by atoms with Gasteiger partial charge in [0, 0.05) is 36.5 Å². The van der Waals surface area contributed by atoms with Gasteiger partial charge in [-0.05, 0) is 53.9 Å². The van der Waals surface area contributed by atoms with Gasteiger partial charge in [0.1, 0.15) is 13.2 Å². The molecule has 40 heavy (non-hydrogen) atoms. The summed E-state index contributed by atoms with van der Waals surface area (Å²) in [4.78, 5) is 49.5. The van der Waals surface area contributed by atoms with E-state index in [-0.39, 0.29) is 44.1 Å². The summed E-state index contributed by atoms with van der Waals surface area (Å²) in [6.07, 6.45) is -2.03. The number of nitrogens with zero attached hydrogens (tertiary/aromatic N) is 4. The topological polar surface area (TPSA) is 166 Å². The molecular formula is C27H26N4O9. The number of nitro groups is 2. The minimum atomic E-state index is -0.828. The van der Waals surface area contributed by atoms with Crippen LogP contribution in [0.25, 0.3) is 0 Å². The van der Waals surface area contributed by atoms with E-state index in [2.05, 4.69) is 0 Å². The molecule has 13 heteroatoms. The molecule has 0 radical (unpaired) electrons. The van der Waals surface area contributed by atoms with Crippen LogP contribution in [-0.4, -0.2) is 57.3 Å². The summed E-state index contributed by atoms with van der Waals surface area (Å²) in [5, 5.41) is 32.0. The van der Waals surface area contributed by atoms with Crippen LogP contribution in [0.5, 0.6) is 0 Å². The van der Waals surface area contributed by atoms with Gasteiger partial charge in [0.2, 0.25) is 0 Å². The zero-order valence-corrected chi connectivity index (χ0v) is 21.2. The van der Waals surface area contributed by atoms with Crippen LogP contribution in [-0.2, 0) is 22.7 Å². The molecule has 1 aliphatic heterocycles. The first kappa shape index (κ1) is 28.0. The standard InChI is InChI=1S/C27H26N4O9/c32-25-14-24(29(16-25)27(34)40-18-20-8-12-23(13-9-20)31(37)38)15-28(21-4-2-1-3-5-21)26(33)39-17-19-6-10-22(11-7-19)30(35)36/h1-13,24-25,32H,14-18H2/t24-,25+/m0/s1. The molecule has 13 nitrogen and oxygen atoms in total. The van der Waals surface area contributed by atoms with Gasteiger partial charge in [0.25, 0.3) is 11.4 Å².